The number of fused-ring (bicyclic) bond motifs is 2. The van der Waals surface area contributed by atoms with Gasteiger partial charge in [-0.15, -0.1) is 0 Å². The molecule has 3 aromatic heterocycles. The zero-order valence-corrected chi connectivity index (χ0v) is 15.7. The van der Waals surface area contributed by atoms with E-state index in [1.165, 1.54) is 16.5 Å². The third-order valence-electron chi connectivity index (χ3n) is 5.40. The Hall–Kier alpha value is -3.25. The first-order valence-corrected chi connectivity index (χ1v) is 9.49. The summed E-state index contributed by atoms with van der Waals surface area (Å²) in [5, 5.41) is 1.26. The summed E-state index contributed by atoms with van der Waals surface area (Å²) >= 11 is 0. The number of hydrogen-bond acceptors (Lipinski definition) is 4. The van der Waals surface area contributed by atoms with Crippen LogP contribution in [0.15, 0.2) is 53.7 Å². The van der Waals surface area contributed by atoms with E-state index in [0.29, 0.717) is 18.8 Å². The second-order valence-corrected chi connectivity index (χ2v) is 7.41. The van der Waals surface area contributed by atoms with Gasteiger partial charge in [-0.2, -0.15) is 0 Å². The lowest BCUT2D eigenvalue weighted by molar-refractivity contribution is 0.241. The van der Waals surface area contributed by atoms with Gasteiger partial charge in [0, 0.05) is 60.3 Å². The van der Waals surface area contributed by atoms with Crippen molar-refractivity contribution in [3.8, 4) is 11.4 Å². The zero-order valence-electron chi connectivity index (χ0n) is 15.7. The molecule has 0 amide bonds. The number of aryl methyl sites for hydroxylation is 1. The highest BCUT2D eigenvalue weighted by atomic mass is 16.1. The van der Waals surface area contributed by atoms with E-state index >= 15 is 0 Å². The van der Waals surface area contributed by atoms with Crippen molar-refractivity contribution in [2.45, 2.75) is 26.4 Å². The smallest absolute Gasteiger partial charge is 0.254 e. The van der Waals surface area contributed by atoms with Crippen LogP contribution in [0.4, 0.5) is 0 Å². The quantitative estimate of drug-likeness (QED) is 0.580. The first-order valence-electron chi connectivity index (χ1n) is 9.49. The van der Waals surface area contributed by atoms with Gasteiger partial charge in [-0.1, -0.05) is 11.6 Å². The normalized spacial score (nSPS) is 14.3. The third kappa shape index (κ3) is 3.01. The summed E-state index contributed by atoms with van der Waals surface area (Å²) in [6.07, 6.45) is 6.24. The lowest BCUT2D eigenvalue weighted by atomic mass is 10.0. The minimum absolute atomic E-state index is 0.0359. The first-order chi connectivity index (χ1) is 13.7. The van der Waals surface area contributed by atoms with Gasteiger partial charge < -0.3 is 9.97 Å². The SMILES string of the molecule is Cc1ccc2[nH]cc(CN3CCc4c(nc(-c5cccnc5)[nH]c4=O)C3)c2c1. The summed E-state index contributed by atoms with van der Waals surface area (Å²) < 4.78 is 0. The predicted octanol–water partition coefficient (Wildman–Crippen LogP) is 3.18. The van der Waals surface area contributed by atoms with Crippen molar-refractivity contribution < 1.29 is 0 Å². The van der Waals surface area contributed by atoms with Gasteiger partial charge in [0.05, 0.1) is 5.69 Å². The van der Waals surface area contributed by atoms with Gasteiger partial charge >= 0.3 is 0 Å². The van der Waals surface area contributed by atoms with Gasteiger partial charge in [0.15, 0.2) is 0 Å². The number of rotatable bonds is 3. The second kappa shape index (κ2) is 6.73. The molecule has 4 aromatic rings. The van der Waals surface area contributed by atoms with Crippen LogP contribution in [0.1, 0.15) is 22.4 Å². The van der Waals surface area contributed by atoms with E-state index in [1.54, 1.807) is 12.4 Å². The number of benzene rings is 1. The molecule has 6 heteroatoms. The van der Waals surface area contributed by atoms with Crippen molar-refractivity contribution >= 4 is 10.9 Å². The molecule has 1 aliphatic heterocycles. The number of aromatic amines is 2. The fraction of sp³-hybridized carbons (Fsp3) is 0.227. The lowest BCUT2D eigenvalue weighted by Gasteiger charge is -2.27. The average Bonchev–Trinajstić information content (AvgIpc) is 3.10. The largest absolute Gasteiger partial charge is 0.361 e. The Bertz CT molecular complexity index is 1210. The van der Waals surface area contributed by atoms with Gasteiger partial charge in [-0.3, -0.25) is 14.7 Å². The van der Waals surface area contributed by atoms with Crippen LogP contribution in [0.2, 0.25) is 0 Å². The number of H-pyrrole nitrogens is 2. The Balaban J connectivity index is 1.45. The van der Waals surface area contributed by atoms with Gasteiger partial charge in [0.25, 0.3) is 5.56 Å². The highest BCUT2D eigenvalue weighted by molar-refractivity contribution is 5.83. The lowest BCUT2D eigenvalue weighted by Crippen LogP contribution is -2.35. The van der Waals surface area contributed by atoms with Crippen molar-refractivity contribution in [3.63, 3.8) is 0 Å². The van der Waals surface area contributed by atoms with E-state index in [-0.39, 0.29) is 5.56 Å². The summed E-state index contributed by atoms with van der Waals surface area (Å²) in [7, 11) is 0. The standard InChI is InChI=1S/C22H21N5O/c1-14-4-5-19-18(9-14)16(11-24-19)12-27-8-6-17-20(13-27)25-21(26-22(17)28)15-3-2-7-23-10-15/h2-5,7,9-11,24H,6,8,12-13H2,1H3,(H,25,26,28). The zero-order chi connectivity index (χ0) is 19.1. The Morgan fingerprint density at radius 2 is 2.18 bits per heavy atom. The van der Waals surface area contributed by atoms with Crippen LogP contribution in [0.3, 0.4) is 0 Å². The summed E-state index contributed by atoms with van der Waals surface area (Å²) in [4.78, 5) is 30.1. The Kier molecular flexibility index (Phi) is 4.06. The van der Waals surface area contributed by atoms with Crippen LogP contribution in [-0.2, 0) is 19.5 Å². The molecule has 0 aliphatic carbocycles. The van der Waals surface area contributed by atoms with E-state index in [1.807, 2.05) is 12.1 Å². The Labute approximate surface area is 162 Å². The number of nitrogens with zero attached hydrogens (tertiary/aromatic N) is 3. The summed E-state index contributed by atoms with van der Waals surface area (Å²) in [6, 6.07) is 10.2. The molecule has 0 saturated heterocycles. The van der Waals surface area contributed by atoms with Crippen molar-refractivity contribution in [2.24, 2.45) is 0 Å². The van der Waals surface area contributed by atoms with Crippen LogP contribution in [-0.4, -0.2) is 31.4 Å². The molecular weight excluding hydrogens is 350 g/mol. The molecule has 0 unspecified atom stereocenters. The van der Waals surface area contributed by atoms with Gasteiger partial charge in [0.1, 0.15) is 5.82 Å². The highest BCUT2D eigenvalue weighted by Gasteiger charge is 2.22. The number of nitrogens with one attached hydrogen (secondary N) is 2. The maximum Gasteiger partial charge on any atom is 0.254 e. The molecular formula is C22H21N5O. The van der Waals surface area contributed by atoms with E-state index in [4.69, 9.17) is 4.98 Å². The molecule has 28 heavy (non-hydrogen) atoms. The molecule has 0 saturated carbocycles. The number of hydrogen-bond donors (Lipinski definition) is 2. The monoisotopic (exact) mass is 371 g/mol. The minimum atomic E-state index is -0.0359. The molecule has 0 fully saturated rings. The molecule has 5 rings (SSSR count). The molecule has 0 bridgehead atoms. The van der Waals surface area contributed by atoms with Crippen molar-refractivity contribution in [3.05, 3.63) is 81.7 Å². The molecule has 6 nitrogen and oxygen atoms in total. The van der Waals surface area contributed by atoms with E-state index in [0.717, 1.165) is 35.4 Å². The third-order valence-corrected chi connectivity index (χ3v) is 5.40. The van der Waals surface area contributed by atoms with Gasteiger partial charge in [-0.25, -0.2) is 4.98 Å². The molecule has 0 radical (unpaired) electrons. The molecule has 0 spiro atoms. The summed E-state index contributed by atoms with van der Waals surface area (Å²) in [5.74, 6) is 0.585. The van der Waals surface area contributed by atoms with Crippen LogP contribution in [0, 0.1) is 6.92 Å². The summed E-state index contributed by atoms with van der Waals surface area (Å²) in [5.41, 5.74) is 6.15. The molecule has 0 atom stereocenters. The Morgan fingerprint density at radius 1 is 1.25 bits per heavy atom. The van der Waals surface area contributed by atoms with Gasteiger partial charge in [0.2, 0.25) is 0 Å². The van der Waals surface area contributed by atoms with Gasteiger partial charge in [-0.05, 0) is 43.2 Å². The number of aromatic nitrogens is 4. The van der Waals surface area contributed by atoms with Crippen LogP contribution < -0.4 is 5.56 Å². The highest BCUT2D eigenvalue weighted by Crippen LogP contribution is 2.24. The molecule has 140 valence electrons. The second-order valence-electron chi connectivity index (χ2n) is 7.41. The van der Waals surface area contributed by atoms with E-state index in [2.05, 4.69) is 51.2 Å². The number of pyridine rings is 1. The first kappa shape index (κ1) is 16.9. The fourth-order valence-corrected chi connectivity index (χ4v) is 3.93. The van der Waals surface area contributed by atoms with Crippen molar-refractivity contribution in [1.82, 2.24) is 24.8 Å². The molecule has 4 heterocycles. The van der Waals surface area contributed by atoms with E-state index in [9.17, 15) is 4.79 Å². The molecule has 2 N–H and O–H groups in total. The van der Waals surface area contributed by atoms with Crippen LogP contribution in [0.25, 0.3) is 22.3 Å². The minimum Gasteiger partial charge on any atom is -0.361 e. The Morgan fingerprint density at radius 3 is 3.04 bits per heavy atom. The van der Waals surface area contributed by atoms with E-state index < -0.39 is 0 Å². The maximum atomic E-state index is 12.6. The summed E-state index contributed by atoms with van der Waals surface area (Å²) in [6.45, 7) is 4.47. The molecule has 1 aliphatic rings. The topological polar surface area (TPSA) is 77.7 Å². The maximum absolute atomic E-state index is 12.6. The molecule has 1 aromatic carbocycles. The fourth-order valence-electron chi connectivity index (χ4n) is 3.93. The predicted molar refractivity (Wildman–Crippen MR) is 109 cm³/mol. The van der Waals surface area contributed by atoms with Crippen LogP contribution in [0.5, 0.6) is 0 Å². The van der Waals surface area contributed by atoms with Crippen molar-refractivity contribution in [2.75, 3.05) is 6.54 Å². The average molecular weight is 371 g/mol. The van der Waals surface area contributed by atoms with Crippen molar-refractivity contribution in [1.29, 1.82) is 0 Å². The van der Waals surface area contributed by atoms with Crippen LogP contribution >= 0.6 is 0 Å².